The molecule has 0 saturated carbocycles. The van der Waals surface area contributed by atoms with Gasteiger partial charge >= 0.3 is 5.97 Å². The van der Waals surface area contributed by atoms with E-state index in [1.54, 1.807) is 12.1 Å². The molecular weight excluding hydrogens is 480 g/mol. The Morgan fingerprint density at radius 3 is 1.83 bits per heavy atom. The Morgan fingerprint density at radius 1 is 0.806 bits per heavy atom. The first-order valence-corrected chi connectivity index (χ1v) is 10.7. The van der Waals surface area contributed by atoms with E-state index in [9.17, 15) is 39.0 Å². The largest absolute Gasteiger partial charge is 0.508 e. The summed E-state index contributed by atoms with van der Waals surface area (Å²) in [7, 11) is 0. The zero-order valence-corrected chi connectivity index (χ0v) is 19.2. The highest BCUT2D eigenvalue weighted by Crippen LogP contribution is 2.11. The topological polar surface area (TPSA) is 277 Å². The van der Waals surface area contributed by atoms with Gasteiger partial charge in [0.1, 0.15) is 23.9 Å². The Hall–Kier alpha value is -4.24. The second-order valence-electron chi connectivity index (χ2n) is 7.86. The molecule has 0 spiro atoms. The van der Waals surface area contributed by atoms with Gasteiger partial charge in [-0.05, 0) is 30.5 Å². The Kier molecular flexibility index (Phi) is 11.8. The SMILES string of the molecule is NC(=O)CCC(NC(=O)C(N)Cc1ccc(O)cc1)C(=O)NC(CO)C(=O)NC(CC(N)=O)C(=O)O. The molecule has 0 fully saturated rings. The lowest BCUT2D eigenvalue weighted by Gasteiger charge is -2.24. The molecule has 198 valence electrons. The Labute approximate surface area is 205 Å². The number of carbonyl (C=O) groups is 6. The van der Waals surface area contributed by atoms with Gasteiger partial charge in [-0.2, -0.15) is 0 Å². The molecule has 12 N–H and O–H groups in total. The minimum absolute atomic E-state index is 0.0201. The lowest BCUT2D eigenvalue weighted by molar-refractivity contribution is -0.144. The highest BCUT2D eigenvalue weighted by atomic mass is 16.4. The van der Waals surface area contributed by atoms with Crippen LogP contribution in [0.4, 0.5) is 0 Å². The average molecular weight is 511 g/mol. The molecule has 36 heavy (non-hydrogen) atoms. The number of aromatic hydroxyl groups is 1. The van der Waals surface area contributed by atoms with E-state index in [-0.39, 0.29) is 25.0 Å². The smallest absolute Gasteiger partial charge is 0.326 e. The van der Waals surface area contributed by atoms with Crippen molar-refractivity contribution in [1.29, 1.82) is 0 Å². The number of primary amides is 2. The van der Waals surface area contributed by atoms with Gasteiger partial charge in [0.2, 0.25) is 29.5 Å². The van der Waals surface area contributed by atoms with Crippen molar-refractivity contribution in [3.8, 4) is 5.75 Å². The third-order valence-corrected chi connectivity index (χ3v) is 4.88. The quantitative estimate of drug-likeness (QED) is 0.110. The van der Waals surface area contributed by atoms with Crippen LogP contribution in [0.1, 0.15) is 24.8 Å². The predicted octanol–water partition coefficient (Wildman–Crippen LogP) is -4.07. The zero-order valence-electron chi connectivity index (χ0n) is 19.2. The number of benzene rings is 1. The molecular formula is C21H30N6O9. The molecule has 4 atom stereocenters. The Balaban J connectivity index is 2.89. The van der Waals surface area contributed by atoms with Crippen LogP contribution >= 0.6 is 0 Å². The van der Waals surface area contributed by atoms with Gasteiger partial charge in [-0.25, -0.2) is 4.79 Å². The average Bonchev–Trinajstić information content (AvgIpc) is 2.80. The van der Waals surface area contributed by atoms with Gasteiger partial charge in [0.25, 0.3) is 0 Å². The van der Waals surface area contributed by atoms with E-state index in [1.165, 1.54) is 12.1 Å². The van der Waals surface area contributed by atoms with Crippen molar-refractivity contribution in [1.82, 2.24) is 16.0 Å². The van der Waals surface area contributed by atoms with Crippen LogP contribution in [0.5, 0.6) is 5.75 Å². The Morgan fingerprint density at radius 2 is 1.33 bits per heavy atom. The monoisotopic (exact) mass is 510 g/mol. The lowest BCUT2D eigenvalue weighted by atomic mass is 10.0. The molecule has 0 radical (unpaired) electrons. The summed E-state index contributed by atoms with van der Waals surface area (Å²) >= 11 is 0. The molecule has 1 rings (SSSR count). The maximum atomic E-state index is 12.8. The van der Waals surface area contributed by atoms with Crippen LogP contribution in [-0.2, 0) is 35.2 Å². The molecule has 0 bridgehead atoms. The molecule has 15 heteroatoms. The number of phenolic OH excluding ortho intramolecular Hbond substituents is 1. The van der Waals surface area contributed by atoms with Crippen LogP contribution in [0.15, 0.2) is 24.3 Å². The van der Waals surface area contributed by atoms with Crippen molar-refractivity contribution < 1.29 is 44.1 Å². The minimum atomic E-state index is -1.70. The van der Waals surface area contributed by atoms with Crippen LogP contribution in [0.2, 0.25) is 0 Å². The van der Waals surface area contributed by atoms with Crippen molar-refractivity contribution in [2.75, 3.05) is 6.61 Å². The van der Waals surface area contributed by atoms with Crippen LogP contribution in [0.3, 0.4) is 0 Å². The normalized spacial score (nSPS) is 13.9. The molecule has 1 aromatic carbocycles. The number of hydrogen-bond donors (Lipinski definition) is 9. The molecule has 0 aromatic heterocycles. The van der Waals surface area contributed by atoms with Crippen molar-refractivity contribution in [3.05, 3.63) is 29.8 Å². The van der Waals surface area contributed by atoms with E-state index in [4.69, 9.17) is 22.3 Å². The van der Waals surface area contributed by atoms with Crippen molar-refractivity contribution >= 4 is 35.5 Å². The second kappa shape index (κ2) is 14.2. The van der Waals surface area contributed by atoms with Gasteiger partial charge in [0.15, 0.2) is 0 Å². The molecule has 5 amide bonds. The highest BCUT2D eigenvalue weighted by Gasteiger charge is 2.30. The summed E-state index contributed by atoms with van der Waals surface area (Å²) in [6.45, 7) is -0.961. The summed E-state index contributed by atoms with van der Waals surface area (Å²) in [5.41, 5.74) is 16.6. The number of amides is 5. The van der Waals surface area contributed by atoms with Gasteiger partial charge in [0.05, 0.1) is 19.1 Å². The minimum Gasteiger partial charge on any atom is -0.508 e. The number of carbonyl (C=O) groups excluding carboxylic acids is 5. The first-order valence-electron chi connectivity index (χ1n) is 10.7. The van der Waals surface area contributed by atoms with Gasteiger partial charge in [0, 0.05) is 6.42 Å². The van der Waals surface area contributed by atoms with Crippen LogP contribution in [0.25, 0.3) is 0 Å². The fraction of sp³-hybridized carbons (Fsp3) is 0.429. The summed E-state index contributed by atoms with van der Waals surface area (Å²) in [6.07, 6.45) is -1.27. The molecule has 0 aliphatic rings. The summed E-state index contributed by atoms with van der Waals surface area (Å²) in [5.74, 6) is -6.23. The number of aliphatic carboxylic acids is 1. The number of aliphatic hydroxyl groups excluding tert-OH is 1. The predicted molar refractivity (Wildman–Crippen MR) is 123 cm³/mol. The number of phenols is 1. The van der Waals surface area contributed by atoms with Gasteiger partial charge in [-0.15, -0.1) is 0 Å². The van der Waals surface area contributed by atoms with Gasteiger partial charge in [-0.3, -0.25) is 24.0 Å². The van der Waals surface area contributed by atoms with E-state index < -0.39 is 72.7 Å². The summed E-state index contributed by atoms with van der Waals surface area (Å²) in [6, 6.07) is 0.0250. The van der Waals surface area contributed by atoms with Gasteiger partial charge in [-0.1, -0.05) is 12.1 Å². The maximum absolute atomic E-state index is 12.8. The Bertz CT molecular complexity index is 969. The first-order chi connectivity index (χ1) is 16.8. The lowest BCUT2D eigenvalue weighted by Crippen LogP contribution is -2.58. The molecule has 4 unspecified atom stereocenters. The van der Waals surface area contributed by atoms with E-state index in [1.807, 2.05) is 5.32 Å². The number of nitrogens with two attached hydrogens (primary N) is 3. The van der Waals surface area contributed by atoms with E-state index in [0.717, 1.165) is 0 Å². The van der Waals surface area contributed by atoms with Crippen molar-refractivity contribution in [2.45, 2.75) is 49.9 Å². The third-order valence-electron chi connectivity index (χ3n) is 4.88. The van der Waals surface area contributed by atoms with Crippen LogP contribution in [-0.4, -0.2) is 81.6 Å². The van der Waals surface area contributed by atoms with E-state index >= 15 is 0 Å². The first kappa shape index (κ1) is 29.8. The number of carboxylic acids is 1. The second-order valence-corrected chi connectivity index (χ2v) is 7.86. The number of carboxylic acid groups (broad SMARTS) is 1. The molecule has 15 nitrogen and oxygen atoms in total. The number of aliphatic hydroxyl groups is 1. The third kappa shape index (κ3) is 10.4. The fourth-order valence-electron chi connectivity index (χ4n) is 2.95. The summed E-state index contributed by atoms with van der Waals surface area (Å²) < 4.78 is 0. The van der Waals surface area contributed by atoms with Crippen LogP contribution < -0.4 is 33.2 Å². The number of hydrogen-bond acceptors (Lipinski definition) is 9. The van der Waals surface area contributed by atoms with Gasteiger partial charge < -0.3 is 48.5 Å². The van der Waals surface area contributed by atoms with E-state index in [2.05, 4.69) is 10.6 Å². The molecule has 1 aromatic rings. The number of nitrogens with one attached hydrogen (secondary N) is 3. The highest BCUT2D eigenvalue weighted by molar-refractivity contribution is 5.95. The summed E-state index contributed by atoms with van der Waals surface area (Å²) in [5, 5.41) is 34.4. The standard InChI is InChI=1S/C21H30N6O9/c22-12(7-10-1-3-11(29)4-2-10)18(32)25-13(5-6-16(23)30)19(33)27-15(9-28)20(34)26-14(21(35)36)8-17(24)31/h1-4,12-15,28-29H,5-9,22H2,(H2,23,30)(H2,24,31)(H,25,32)(H,26,34)(H,27,33)(H,35,36). The summed E-state index contributed by atoms with van der Waals surface area (Å²) in [4.78, 5) is 71.1. The molecule has 0 heterocycles. The zero-order chi connectivity index (χ0) is 27.4. The van der Waals surface area contributed by atoms with E-state index in [0.29, 0.717) is 5.56 Å². The fourth-order valence-corrected chi connectivity index (χ4v) is 2.95. The van der Waals surface area contributed by atoms with Crippen LogP contribution in [0, 0.1) is 0 Å². The molecule has 0 aliphatic heterocycles. The maximum Gasteiger partial charge on any atom is 0.326 e. The molecule has 0 saturated heterocycles. The number of rotatable bonds is 15. The van der Waals surface area contributed by atoms with Crippen molar-refractivity contribution in [3.63, 3.8) is 0 Å². The van der Waals surface area contributed by atoms with Crippen molar-refractivity contribution in [2.24, 2.45) is 17.2 Å². The molecule has 0 aliphatic carbocycles.